The zero-order valence-electron chi connectivity index (χ0n) is 13.9. The molecular weight excluding hydrogens is 305 g/mol. The fraction of sp³-hybridized carbons (Fsp3) is 0.786. The first kappa shape index (κ1) is 20.6. The van der Waals surface area contributed by atoms with Gasteiger partial charge < -0.3 is 20.3 Å². The molecule has 0 heterocycles. The summed E-state index contributed by atoms with van der Waals surface area (Å²) in [5, 5.41) is 5.35. The molecule has 0 radical (unpaired) electrons. The van der Waals surface area contributed by atoms with Crippen LogP contribution >= 0.6 is 9.24 Å². The number of nitrogens with one attached hydrogen (secondary N) is 2. The van der Waals surface area contributed by atoms with E-state index in [4.69, 9.17) is 4.74 Å². The predicted octanol–water partition coefficient (Wildman–Crippen LogP) is 0.741. The van der Waals surface area contributed by atoms with Crippen LogP contribution in [0.2, 0.25) is 0 Å². The number of rotatable bonds is 8. The van der Waals surface area contributed by atoms with Crippen LogP contribution in [0, 0.1) is 0 Å². The van der Waals surface area contributed by atoms with Gasteiger partial charge in [-0.1, -0.05) is 0 Å². The van der Waals surface area contributed by atoms with Crippen LogP contribution in [0.25, 0.3) is 0 Å². The van der Waals surface area contributed by atoms with E-state index in [2.05, 4.69) is 19.9 Å². The third kappa shape index (κ3) is 11.3. The maximum absolute atomic E-state index is 11.7. The van der Waals surface area contributed by atoms with Crippen molar-refractivity contribution >= 4 is 27.1 Å². The van der Waals surface area contributed by atoms with E-state index in [1.165, 1.54) is 11.9 Å². The lowest BCUT2D eigenvalue weighted by molar-refractivity contribution is -0.123. The Balaban J connectivity index is 3.85. The Morgan fingerprint density at radius 1 is 1.09 bits per heavy atom. The van der Waals surface area contributed by atoms with Crippen molar-refractivity contribution in [2.45, 2.75) is 39.2 Å². The van der Waals surface area contributed by atoms with Gasteiger partial charge in [-0.2, -0.15) is 0 Å². The van der Waals surface area contributed by atoms with E-state index in [0.29, 0.717) is 19.5 Å². The van der Waals surface area contributed by atoms with Gasteiger partial charge in [-0.15, -0.1) is 9.24 Å². The third-order valence-corrected chi connectivity index (χ3v) is 2.87. The van der Waals surface area contributed by atoms with Crippen molar-refractivity contribution in [3.8, 4) is 0 Å². The van der Waals surface area contributed by atoms with Crippen molar-refractivity contribution in [1.82, 2.24) is 15.5 Å². The number of carbonyl (C=O) groups is 3. The monoisotopic (exact) mass is 333 g/mol. The summed E-state index contributed by atoms with van der Waals surface area (Å²) < 4.78 is 5.14. The van der Waals surface area contributed by atoms with E-state index >= 15 is 0 Å². The Bertz CT molecular complexity index is 383. The summed E-state index contributed by atoms with van der Waals surface area (Å²) in [5.41, 5.74) is -0.594. The molecule has 0 fully saturated rings. The molecule has 22 heavy (non-hydrogen) atoms. The molecule has 3 amide bonds. The highest BCUT2D eigenvalue weighted by Crippen LogP contribution is 2.08. The smallest absolute Gasteiger partial charge is 0.410 e. The van der Waals surface area contributed by atoms with Crippen LogP contribution < -0.4 is 10.6 Å². The summed E-state index contributed by atoms with van der Waals surface area (Å²) >= 11 is 0. The highest BCUT2D eigenvalue weighted by molar-refractivity contribution is 7.16. The van der Waals surface area contributed by atoms with E-state index < -0.39 is 11.7 Å². The zero-order chi connectivity index (χ0) is 17.2. The highest BCUT2D eigenvalue weighted by Gasteiger charge is 2.20. The maximum atomic E-state index is 11.7. The van der Waals surface area contributed by atoms with Gasteiger partial charge >= 0.3 is 6.09 Å². The first-order chi connectivity index (χ1) is 10.2. The van der Waals surface area contributed by atoms with Crippen molar-refractivity contribution in [3.63, 3.8) is 0 Å². The molecule has 1 atom stereocenters. The van der Waals surface area contributed by atoms with Gasteiger partial charge in [-0.05, 0) is 33.4 Å². The van der Waals surface area contributed by atoms with Crippen LogP contribution in [0.5, 0.6) is 0 Å². The largest absolute Gasteiger partial charge is 0.444 e. The summed E-state index contributed by atoms with van der Waals surface area (Å²) in [5.74, 6) is -0.324. The first-order valence-corrected chi connectivity index (χ1v) is 8.15. The normalized spacial score (nSPS) is 10.8. The standard InChI is InChI=1S/C14H28N3O4P/c1-14(2,3)21-13(20)17(4)10-12(19)16-8-7-15-11(18)6-5-9-22/h5-10,22H2,1-4H3,(H,15,18)(H,16,19). The summed E-state index contributed by atoms with van der Waals surface area (Å²) in [4.78, 5) is 35.9. The molecule has 1 unspecified atom stereocenters. The molecule has 7 nitrogen and oxygen atoms in total. The highest BCUT2D eigenvalue weighted by atomic mass is 31.0. The molecule has 0 aliphatic rings. The Morgan fingerprint density at radius 2 is 1.64 bits per heavy atom. The van der Waals surface area contributed by atoms with E-state index in [1.54, 1.807) is 20.8 Å². The molecule has 0 aromatic rings. The van der Waals surface area contributed by atoms with Crippen molar-refractivity contribution in [2.24, 2.45) is 0 Å². The number of ether oxygens (including phenoxy) is 1. The molecule has 0 spiro atoms. The second-order valence-corrected chi connectivity index (χ2v) is 6.51. The lowest BCUT2D eigenvalue weighted by Gasteiger charge is -2.24. The van der Waals surface area contributed by atoms with Gasteiger partial charge in [0.2, 0.25) is 11.8 Å². The molecule has 0 aromatic heterocycles. The maximum Gasteiger partial charge on any atom is 0.410 e. The minimum atomic E-state index is -0.594. The molecule has 8 heteroatoms. The SMILES string of the molecule is CN(CC(=O)NCCNC(=O)CCCP)C(=O)OC(C)(C)C. The molecule has 0 bridgehead atoms. The Kier molecular flexibility index (Phi) is 9.74. The van der Waals surface area contributed by atoms with Crippen LogP contribution in [0.1, 0.15) is 33.6 Å². The first-order valence-electron chi connectivity index (χ1n) is 7.33. The number of nitrogens with zero attached hydrogens (tertiary/aromatic N) is 1. The lowest BCUT2D eigenvalue weighted by Crippen LogP contribution is -2.42. The summed E-state index contributed by atoms with van der Waals surface area (Å²) in [7, 11) is 4.07. The second kappa shape index (κ2) is 10.4. The van der Waals surface area contributed by atoms with Crippen LogP contribution in [0.4, 0.5) is 4.79 Å². The minimum absolute atomic E-state index is 0.0254. The zero-order valence-corrected chi connectivity index (χ0v) is 15.1. The fourth-order valence-corrected chi connectivity index (χ4v) is 1.63. The summed E-state index contributed by atoms with van der Waals surface area (Å²) in [6.45, 7) is 5.90. The Morgan fingerprint density at radius 3 is 2.14 bits per heavy atom. The van der Waals surface area contributed by atoms with Crippen LogP contribution in [0.15, 0.2) is 0 Å². The molecule has 128 valence electrons. The van der Waals surface area contributed by atoms with Gasteiger partial charge in [0.25, 0.3) is 0 Å². The number of likely N-dealkylation sites (N-methyl/N-ethyl adjacent to an activating group) is 1. The summed E-state index contributed by atoms with van der Waals surface area (Å²) in [6, 6.07) is 0. The van der Waals surface area contributed by atoms with Crippen molar-refractivity contribution in [3.05, 3.63) is 0 Å². The molecule has 0 saturated heterocycles. The summed E-state index contributed by atoms with van der Waals surface area (Å²) in [6.07, 6.45) is 1.65. The van der Waals surface area contributed by atoms with Crippen LogP contribution in [0.3, 0.4) is 0 Å². The molecule has 0 saturated carbocycles. The number of carbonyl (C=O) groups excluding carboxylic acids is 3. The molecular formula is C14H28N3O4P. The second-order valence-electron chi connectivity index (χ2n) is 5.93. The van der Waals surface area contributed by atoms with Crippen molar-refractivity contribution in [1.29, 1.82) is 0 Å². The predicted molar refractivity (Wildman–Crippen MR) is 88.7 cm³/mol. The van der Waals surface area contributed by atoms with Crippen molar-refractivity contribution in [2.75, 3.05) is 32.8 Å². The number of hydrogen-bond acceptors (Lipinski definition) is 4. The van der Waals surface area contributed by atoms with E-state index in [1.807, 2.05) is 0 Å². The average molecular weight is 333 g/mol. The molecule has 0 aliphatic carbocycles. The van der Waals surface area contributed by atoms with E-state index in [9.17, 15) is 14.4 Å². The van der Waals surface area contributed by atoms with Gasteiger partial charge in [0.1, 0.15) is 12.1 Å². The van der Waals surface area contributed by atoms with Gasteiger partial charge in [-0.3, -0.25) is 9.59 Å². The topological polar surface area (TPSA) is 87.7 Å². The van der Waals surface area contributed by atoms with Crippen LogP contribution in [-0.4, -0.2) is 61.3 Å². The third-order valence-electron chi connectivity index (χ3n) is 2.46. The Labute approximate surface area is 134 Å². The molecule has 0 rings (SSSR count). The lowest BCUT2D eigenvalue weighted by atomic mass is 10.2. The average Bonchev–Trinajstić information content (AvgIpc) is 2.39. The van der Waals surface area contributed by atoms with Crippen LogP contribution in [-0.2, 0) is 14.3 Å². The molecule has 2 N–H and O–H groups in total. The van der Waals surface area contributed by atoms with Gasteiger partial charge in [0, 0.05) is 26.6 Å². The quantitative estimate of drug-likeness (QED) is 0.507. The Hall–Kier alpha value is -1.36. The molecule has 0 aromatic carbocycles. The van der Waals surface area contributed by atoms with Gasteiger partial charge in [0.15, 0.2) is 0 Å². The van der Waals surface area contributed by atoms with Gasteiger partial charge in [0.05, 0.1) is 0 Å². The number of amides is 3. The minimum Gasteiger partial charge on any atom is -0.444 e. The van der Waals surface area contributed by atoms with E-state index in [-0.39, 0.29) is 18.4 Å². The van der Waals surface area contributed by atoms with Crippen molar-refractivity contribution < 1.29 is 19.1 Å². The van der Waals surface area contributed by atoms with Gasteiger partial charge in [-0.25, -0.2) is 4.79 Å². The molecule has 0 aliphatic heterocycles. The fourth-order valence-electron chi connectivity index (χ4n) is 1.43. The van der Waals surface area contributed by atoms with E-state index in [0.717, 1.165) is 12.6 Å². The number of hydrogen-bond donors (Lipinski definition) is 2.